The number of halogens is 1. The zero-order valence-corrected chi connectivity index (χ0v) is 31.4. The van der Waals surface area contributed by atoms with E-state index >= 15 is 0 Å². The molecule has 1 heterocycles. The maximum atomic E-state index is 4.81. The zero-order valence-electron chi connectivity index (χ0n) is 27.6. The zero-order chi connectivity index (χ0) is 32.5. The van der Waals surface area contributed by atoms with Gasteiger partial charge in [0.25, 0.3) is 0 Å². The van der Waals surface area contributed by atoms with Crippen LogP contribution in [-0.2, 0) is 12.3 Å². The molecule has 1 unspecified atom stereocenters. The van der Waals surface area contributed by atoms with E-state index in [1.54, 1.807) is 0 Å². The summed E-state index contributed by atoms with van der Waals surface area (Å²) in [5.74, 6) is 0.448. The molecule has 6 aromatic carbocycles. The molecule has 0 spiro atoms. The SMILES string of the molecule is Br.CC(C)c1cc(-c2cccc(C[P+](c3ccccc3)(c3ccccc3)c3ccccc3)c2)c2ncccc2c1.PCc1ccccc1. The van der Waals surface area contributed by atoms with Crippen LogP contribution in [0.25, 0.3) is 22.0 Å². The molecule has 0 N–H and O–H groups in total. The second kappa shape index (κ2) is 16.9. The van der Waals surface area contributed by atoms with Crippen LogP contribution in [-0.4, -0.2) is 4.98 Å². The van der Waals surface area contributed by atoms with Crippen LogP contribution < -0.4 is 15.9 Å². The van der Waals surface area contributed by atoms with E-state index in [2.05, 4.69) is 181 Å². The van der Waals surface area contributed by atoms with Crippen LogP contribution in [0.3, 0.4) is 0 Å². The van der Waals surface area contributed by atoms with E-state index in [-0.39, 0.29) is 17.0 Å². The molecule has 1 aromatic heterocycles. The Morgan fingerprint density at radius 3 is 1.58 bits per heavy atom. The first-order valence-corrected chi connectivity index (χ1v) is 19.1. The van der Waals surface area contributed by atoms with Crippen molar-refractivity contribution in [3.05, 3.63) is 193 Å². The van der Waals surface area contributed by atoms with Gasteiger partial charge in [0.2, 0.25) is 0 Å². The minimum atomic E-state index is -1.98. The molecule has 0 radical (unpaired) electrons. The molecule has 1 atom stereocenters. The molecular formula is C44H43BrNP2+. The van der Waals surface area contributed by atoms with Crippen molar-refractivity contribution in [2.45, 2.75) is 32.1 Å². The van der Waals surface area contributed by atoms with Gasteiger partial charge in [0.1, 0.15) is 23.2 Å². The Morgan fingerprint density at radius 2 is 1.08 bits per heavy atom. The van der Waals surface area contributed by atoms with Gasteiger partial charge in [-0.05, 0) is 95.0 Å². The minimum absolute atomic E-state index is 0. The van der Waals surface area contributed by atoms with Crippen LogP contribution in [0, 0.1) is 0 Å². The van der Waals surface area contributed by atoms with Crippen molar-refractivity contribution in [2.75, 3.05) is 0 Å². The smallest absolute Gasteiger partial charge is 0.116 e. The van der Waals surface area contributed by atoms with Crippen LogP contribution in [0.5, 0.6) is 0 Å². The van der Waals surface area contributed by atoms with Crippen molar-refractivity contribution >= 4 is 60.3 Å². The number of fused-ring (bicyclic) bond motifs is 1. The van der Waals surface area contributed by atoms with E-state index in [0.29, 0.717) is 5.92 Å². The van der Waals surface area contributed by atoms with Gasteiger partial charge in [0.05, 0.1) is 11.7 Å². The van der Waals surface area contributed by atoms with Crippen LogP contribution in [0.15, 0.2) is 176 Å². The summed E-state index contributed by atoms with van der Waals surface area (Å²) in [5.41, 5.74) is 7.56. The molecule has 0 aliphatic rings. The maximum Gasteiger partial charge on any atom is 0.116 e. The van der Waals surface area contributed by atoms with Crippen LogP contribution >= 0.6 is 33.5 Å². The minimum Gasteiger partial charge on any atom is -0.256 e. The molecular weight excluding hydrogens is 684 g/mol. The summed E-state index contributed by atoms with van der Waals surface area (Å²) in [6, 6.07) is 61.8. The second-order valence-electron chi connectivity index (χ2n) is 12.2. The average molecular weight is 728 g/mol. The molecule has 240 valence electrons. The van der Waals surface area contributed by atoms with E-state index in [4.69, 9.17) is 4.98 Å². The van der Waals surface area contributed by atoms with Crippen LogP contribution in [0.2, 0.25) is 0 Å². The van der Waals surface area contributed by atoms with Crippen molar-refractivity contribution < 1.29 is 0 Å². The lowest BCUT2D eigenvalue weighted by Crippen LogP contribution is -2.32. The molecule has 0 fully saturated rings. The molecule has 0 aliphatic carbocycles. The molecule has 7 rings (SSSR count). The normalized spacial score (nSPS) is 11.0. The third-order valence-corrected chi connectivity index (χ3v) is 13.6. The fourth-order valence-electron chi connectivity index (χ4n) is 6.26. The van der Waals surface area contributed by atoms with E-state index < -0.39 is 7.26 Å². The average Bonchev–Trinajstić information content (AvgIpc) is 3.15. The topological polar surface area (TPSA) is 12.9 Å². The van der Waals surface area contributed by atoms with Gasteiger partial charge in [-0.15, -0.1) is 26.2 Å². The number of hydrogen-bond donors (Lipinski definition) is 0. The van der Waals surface area contributed by atoms with Crippen molar-refractivity contribution in [1.82, 2.24) is 4.98 Å². The number of pyridine rings is 1. The third kappa shape index (κ3) is 8.02. The van der Waals surface area contributed by atoms with Crippen molar-refractivity contribution in [3.8, 4) is 11.1 Å². The Morgan fingerprint density at radius 1 is 0.562 bits per heavy atom. The summed E-state index contributed by atoms with van der Waals surface area (Å²) in [5, 5.41) is 5.41. The number of rotatable bonds is 8. The maximum absolute atomic E-state index is 4.81. The standard InChI is InChI=1S/C37H33NP.C7H9P.BrH/c1-28(2)32-25-31-16-13-23-38-37(31)36(26-32)30-15-12-14-29(24-30)27-39(33-17-6-3-7-18-33,34-19-8-4-9-20-34)35-21-10-5-11-22-35;8-6-7-4-2-1-3-5-7;/h3-26,28H,27H2,1-2H3;1-5H,6,8H2;1H/q+1;;. The molecule has 0 aliphatic heterocycles. The van der Waals surface area contributed by atoms with Crippen LogP contribution in [0.4, 0.5) is 0 Å². The van der Waals surface area contributed by atoms with Crippen molar-refractivity contribution in [3.63, 3.8) is 0 Å². The molecule has 7 aromatic rings. The second-order valence-corrected chi connectivity index (χ2v) is 16.1. The number of benzene rings is 6. The largest absolute Gasteiger partial charge is 0.256 e. The van der Waals surface area contributed by atoms with Crippen LogP contribution in [0.1, 0.15) is 36.5 Å². The highest BCUT2D eigenvalue weighted by Gasteiger charge is 2.45. The van der Waals surface area contributed by atoms with Crippen molar-refractivity contribution in [1.29, 1.82) is 0 Å². The predicted molar refractivity (Wildman–Crippen MR) is 220 cm³/mol. The van der Waals surface area contributed by atoms with E-state index in [0.717, 1.165) is 17.8 Å². The van der Waals surface area contributed by atoms with Gasteiger partial charge in [-0.1, -0.05) is 123 Å². The van der Waals surface area contributed by atoms with Gasteiger partial charge in [-0.3, -0.25) is 4.98 Å². The molecule has 0 saturated carbocycles. The number of nitrogens with zero attached hydrogens (tertiary/aromatic N) is 1. The predicted octanol–water partition coefficient (Wildman–Crippen LogP) is 11.2. The Kier molecular flexibility index (Phi) is 12.5. The van der Waals surface area contributed by atoms with Gasteiger partial charge in [0.15, 0.2) is 0 Å². The van der Waals surface area contributed by atoms with Gasteiger partial charge >= 0.3 is 0 Å². The van der Waals surface area contributed by atoms with E-state index in [1.807, 2.05) is 18.3 Å². The molecule has 48 heavy (non-hydrogen) atoms. The highest BCUT2D eigenvalue weighted by atomic mass is 79.9. The first kappa shape index (κ1) is 35.4. The summed E-state index contributed by atoms with van der Waals surface area (Å²) < 4.78 is 0. The summed E-state index contributed by atoms with van der Waals surface area (Å²) in [6.45, 7) is 4.52. The fraction of sp³-hybridized carbons (Fsp3) is 0.114. The van der Waals surface area contributed by atoms with Gasteiger partial charge < -0.3 is 0 Å². The third-order valence-electron chi connectivity index (χ3n) is 8.72. The number of hydrogen-bond acceptors (Lipinski definition) is 1. The lowest BCUT2D eigenvalue weighted by Gasteiger charge is -2.28. The summed E-state index contributed by atoms with van der Waals surface area (Å²) in [7, 11) is 0.718. The van der Waals surface area contributed by atoms with Gasteiger partial charge in [-0.25, -0.2) is 0 Å². The van der Waals surface area contributed by atoms with Gasteiger partial charge in [-0.2, -0.15) is 0 Å². The molecule has 1 nitrogen and oxygen atoms in total. The molecule has 0 saturated heterocycles. The quantitative estimate of drug-likeness (QED) is 0.142. The Bertz CT molecular complexity index is 1920. The van der Waals surface area contributed by atoms with E-state index in [1.165, 1.54) is 49.1 Å². The lowest BCUT2D eigenvalue weighted by atomic mass is 9.93. The molecule has 0 bridgehead atoms. The first-order chi connectivity index (χ1) is 23.1. The Labute approximate surface area is 299 Å². The highest BCUT2D eigenvalue weighted by molar-refractivity contribution is 8.93. The lowest BCUT2D eigenvalue weighted by molar-refractivity contribution is 0.869. The van der Waals surface area contributed by atoms with E-state index in [9.17, 15) is 0 Å². The first-order valence-electron chi connectivity index (χ1n) is 16.4. The Balaban J connectivity index is 0.000000441. The number of aromatic nitrogens is 1. The van der Waals surface area contributed by atoms with Gasteiger partial charge in [0, 0.05) is 17.1 Å². The molecule has 0 amide bonds. The summed E-state index contributed by atoms with van der Waals surface area (Å²) in [6.07, 6.45) is 3.91. The monoisotopic (exact) mass is 726 g/mol. The summed E-state index contributed by atoms with van der Waals surface area (Å²) in [4.78, 5) is 4.81. The molecule has 4 heteroatoms. The Hall–Kier alpha value is -3.93. The van der Waals surface area contributed by atoms with Crippen molar-refractivity contribution in [2.24, 2.45) is 0 Å². The fourth-order valence-corrected chi connectivity index (χ4v) is 10.8. The summed E-state index contributed by atoms with van der Waals surface area (Å²) >= 11 is 0. The highest BCUT2D eigenvalue weighted by Crippen LogP contribution is 2.58.